The molecular weight excluding hydrogens is 360 g/mol. The summed E-state index contributed by atoms with van der Waals surface area (Å²) in [6.07, 6.45) is 15.9. The van der Waals surface area contributed by atoms with Crippen LogP contribution in [0.4, 0.5) is 5.69 Å². The van der Waals surface area contributed by atoms with Crippen molar-refractivity contribution in [3.63, 3.8) is 0 Å². The molecule has 0 spiro atoms. The number of aromatic nitrogens is 2. The number of nitrogens with zero attached hydrogens (tertiary/aromatic N) is 4. The number of hydrogen-bond acceptors (Lipinski definition) is 4. The third-order valence-corrected chi connectivity index (χ3v) is 8.98. The van der Waals surface area contributed by atoms with E-state index in [1.54, 1.807) is 10.7 Å². The average Bonchev–Trinajstić information content (AvgIpc) is 2.64. The smallest absolute Gasteiger partial charge is 0.269 e. The van der Waals surface area contributed by atoms with Crippen LogP contribution in [0, 0.1) is 23.2 Å². The lowest BCUT2D eigenvalue weighted by Gasteiger charge is -2.57. The van der Waals surface area contributed by atoms with Crippen LogP contribution in [0.1, 0.15) is 70.3 Å². The van der Waals surface area contributed by atoms with Crippen molar-refractivity contribution in [2.24, 2.45) is 23.2 Å². The molecule has 3 heterocycles. The summed E-state index contributed by atoms with van der Waals surface area (Å²) in [5.41, 5.74) is 1.75. The first-order chi connectivity index (χ1) is 14.2. The maximum absolute atomic E-state index is 12.7. The van der Waals surface area contributed by atoms with Crippen LogP contribution in [0.25, 0.3) is 0 Å². The molecule has 4 saturated carbocycles. The molecule has 7 rings (SSSR count). The van der Waals surface area contributed by atoms with Gasteiger partial charge in [0.25, 0.3) is 5.56 Å². The SMILES string of the molecule is O=c1cc(N2CCC2)cnn1C1CCCN(CCC23CC4CC(CC(C4)C2)C3)C1. The molecular formula is C24H36N4O. The molecule has 1 atom stereocenters. The largest absolute Gasteiger partial charge is 0.370 e. The number of likely N-dealkylation sites (tertiary alicyclic amines) is 1. The van der Waals surface area contributed by atoms with Crippen molar-refractivity contribution in [2.45, 2.75) is 70.3 Å². The summed E-state index contributed by atoms with van der Waals surface area (Å²) in [6.45, 7) is 5.55. The van der Waals surface area contributed by atoms with Crippen LogP contribution >= 0.6 is 0 Å². The minimum atomic E-state index is 0.0855. The minimum Gasteiger partial charge on any atom is -0.370 e. The molecule has 0 aromatic carbocycles. The van der Waals surface area contributed by atoms with Crippen molar-refractivity contribution < 1.29 is 0 Å². The highest BCUT2D eigenvalue weighted by Gasteiger charge is 2.50. The molecule has 5 nitrogen and oxygen atoms in total. The molecule has 1 aromatic heterocycles. The van der Waals surface area contributed by atoms with Crippen LogP contribution in [0.2, 0.25) is 0 Å². The number of piperidine rings is 1. The topological polar surface area (TPSA) is 41.4 Å². The van der Waals surface area contributed by atoms with Crippen LogP contribution in [-0.4, -0.2) is 47.4 Å². The summed E-state index contributed by atoms with van der Waals surface area (Å²) in [5, 5.41) is 4.59. The third kappa shape index (κ3) is 3.43. The molecule has 6 aliphatic rings. The highest BCUT2D eigenvalue weighted by Crippen LogP contribution is 2.61. The zero-order chi connectivity index (χ0) is 19.4. The third-order valence-electron chi connectivity index (χ3n) is 8.98. The van der Waals surface area contributed by atoms with E-state index in [2.05, 4.69) is 14.9 Å². The lowest BCUT2D eigenvalue weighted by atomic mass is 9.49. The fraction of sp³-hybridized carbons (Fsp3) is 0.833. The maximum atomic E-state index is 12.7. The van der Waals surface area contributed by atoms with Crippen LogP contribution in [0.15, 0.2) is 17.1 Å². The van der Waals surface area contributed by atoms with E-state index in [9.17, 15) is 4.79 Å². The summed E-state index contributed by atoms with van der Waals surface area (Å²) in [7, 11) is 0. The number of anilines is 1. The molecule has 6 fully saturated rings. The number of rotatable bonds is 5. The summed E-state index contributed by atoms with van der Waals surface area (Å²) in [6, 6.07) is 2.05. The maximum Gasteiger partial charge on any atom is 0.269 e. The highest BCUT2D eigenvalue weighted by atomic mass is 16.1. The van der Waals surface area contributed by atoms with E-state index in [4.69, 9.17) is 0 Å². The van der Waals surface area contributed by atoms with Crippen molar-refractivity contribution in [2.75, 3.05) is 37.6 Å². The van der Waals surface area contributed by atoms with Crippen molar-refractivity contribution in [1.82, 2.24) is 14.7 Å². The van der Waals surface area contributed by atoms with Crippen LogP contribution in [-0.2, 0) is 0 Å². The first kappa shape index (κ1) is 18.4. The van der Waals surface area contributed by atoms with Gasteiger partial charge in [0.15, 0.2) is 0 Å². The van der Waals surface area contributed by atoms with E-state index in [-0.39, 0.29) is 11.6 Å². The molecule has 29 heavy (non-hydrogen) atoms. The minimum absolute atomic E-state index is 0.0855. The van der Waals surface area contributed by atoms with Gasteiger partial charge in [-0.2, -0.15) is 5.10 Å². The first-order valence-corrected chi connectivity index (χ1v) is 12.2. The lowest BCUT2D eigenvalue weighted by Crippen LogP contribution is -2.48. The molecule has 1 unspecified atom stereocenters. The van der Waals surface area contributed by atoms with Gasteiger partial charge in [0.2, 0.25) is 0 Å². The van der Waals surface area contributed by atoms with E-state index >= 15 is 0 Å². The normalized spacial score (nSPS) is 39.0. The Balaban J connectivity index is 1.10. The summed E-state index contributed by atoms with van der Waals surface area (Å²) in [4.78, 5) is 17.6. The predicted octanol–water partition coefficient (Wildman–Crippen LogP) is 3.70. The second kappa shape index (κ2) is 7.11. The lowest BCUT2D eigenvalue weighted by molar-refractivity contribution is -0.0621. The second-order valence-electron chi connectivity index (χ2n) is 11.1. The van der Waals surface area contributed by atoms with Crippen LogP contribution in [0.5, 0.6) is 0 Å². The van der Waals surface area contributed by atoms with Gasteiger partial charge in [-0.1, -0.05) is 0 Å². The fourth-order valence-electron chi connectivity index (χ4n) is 7.86. The Labute approximate surface area is 174 Å². The Kier molecular flexibility index (Phi) is 4.51. The zero-order valence-corrected chi connectivity index (χ0v) is 17.8. The Hall–Kier alpha value is -1.36. The standard InChI is InChI=1S/C24H36N4O/c29-23-12-22(27-6-2-7-27)16-25-28(23)21-3-1-5-26(17-21)8-4-24-13-18-9-19(14-24)11-20(10-18)15-24/h12,16,18-21H,1-11,13-15,17H2. The molecule has 2 saturated heterocycles. The highest BCUT2D eigenvalue weighted by molar-refractivity contribution is 5.44. The molecule has 0 N–H and O–H groups in total. The van der Waals surface area contributed by atoms with E-state index in [0.717, 1.165) is 49.5 Å². The molecule has 5 heteroatoms. The van der Waals surface area contributed by atoms with Gasteiger partial charge < -0.3 is 9.80 Å². The second-order valence-corrected chi connectivity index (χ2v) is 11.1. The van der Waals surface area contributed by atoms with Gasteiger partial charge in [-0.15, -0.1) is 0 Å². The van der Waals surface area contributed by atoms with Crippen molar-refractivity contribution in [1.29, 1.82) is 0 Å². The first-order valence-electron chi connectivity index (χ1n) is 12.2. The van der Waals surface area contributed by atoms with E-state index < -0.39 is 0 Å². The van der Waals surface area contributed by atoms with Crippen molar-refractivity contribution in [3.05, 3.63) is 22.6 Å². The van der Waals surface area contributed by atoms with Crippen molar-refractivity contribution in [3.8, 4) is 0 Å². The van der Waals surface area contributed by atoms with Gasteiger partial charge in [0.1, 0.15) is 0 Å². The molecule has 0 amide bonds. The Morgan fingerprint density at radius 2 is 1.72 bits per heavy atom. The van der Waals surface area contributed by atoms with Crippen LogP contribution < -0.4 is 10.5 Å². The van der Waals surface area contributed by atoms with E-state index in [1.165, 1.54) is 70.9 Å². The number of hydrogen-bond donors (Lipinski definition) is 0. The summed E-state index contributed by atoms with van der Waals surface area (Å²) >= 11 is 0. The van der Waals surface area contributed by atoms with Gasteiger partial charge >= 0.3 is 0 Å². The molecule has 4 aliphatic carbocycles. The van der Waals surface area contributed by atoms with Gasteiger partial charge in [0.05, 0.1) is 17.9 Å². The van der Waals surface area contributed by atoms with Crippen LogP contribution in [0.3, 0.4) is 0 Å². The fourth-order valence-corrected chi connectivity index (χ4v) is 7.86. The zero-order valence-electron chi connectivity index (χ0n) is 17.8. The van der Waals surface area contributed by atoms with Crippen molar-refractivity contribution >= 4 is 5.69 Å². The van der Waals surface area contributed by atoms with Gasteiger partial charge in [-0.05, 0) is 100 Å². The van der Waals surface area contributed by atoms with Gasteiger partial charge in [-0.25, -0.2) is 4.68 Å². The van der Waals surface area contributed by atoms with E-state index in [1.807, 2.05) is 6.20 Å². The Morgan fingerprint density at radius 3 is 2.34 bits per heavy atom. The summed E-state index contributed by atoms with van der Waals surface area (Å²) in [5.74, 6) is 3.13. The monoisotopic (exact) mass is 396 g/mol. The molecule has 0 radical (unpaired) electrons. The molecule has 4 bridgehead atoms. The average molecular weight is 397 g/mol. The Bertz CT molecular complexity index is 778. The van der Waals surface area contributed by atoms with E-state index in [0.29, 0.717) is 5.41 Å². The van der Waals surface area contributed by atoms with Gasteiger partial charge in [-0.3, -0.25) is 4.79 Å². The molecule has 1 aromatic rings. The predicted molar refractivity (Wildman–Crippen MR) is 115 cm³/mol. The molecule has 2 aliphatic heterocycles. The van der Waals surface area contributed by atoms with Gasteiger partial charge in [0, 0.05) is 25.7 Å². The summed E-state index contributed by atoms with van der Waals surface area (Å²) < 4.78 is 1.78. The molecule has 158 valence electrons. The Morgan fingerprint density at radius 1 is 1.00 bits per heavy atom. The quantitative estimate of drug-likeness (QED) is 0.761.